The van der Waals surface area contributed by atoms with Crippen molar-refractivity contribution in [2.24, 2.45) is 0 Å². The van der Waals surface area contributed by atoms with Gasteiger partial charge in [0.05, 0.1) is 0 Å². The summed E-state index contributed by atoms with van der Waals surface area (Å²) in [5.74, 6) is -0.239. The summed E-state index contributed by atoms with van der Waals surface area (Å²) < 4.78 is 13.5. The zero-order valence-electron chi connectivity index (χ0n) is 12.3. The van der Waals surface area contributed by atoms with E-state index in [1.807, 2.05) is 18.2 Å². The number of hydrogen-bond donors (Lipinski definition) is 1. The minimum atomic E-state index is -0.239. The van der Waals surface area contributed by atoms with Crippen LogP contribution in [-0.4, -0.2) is 6.54 Å². The molecule has 2 rings (SSSR count). The zero-order chi connectivity index (χ0) is 15.1. The lowest BCUT2D eigenvalue weighted by atomic mass is 9.98. The Labute approximate surface area is 131 Å². The van der Waals surface area contributed by atoms with E-state index in [4.69, 9.17) is 11.6 Å². The molecule has 1 atom stereocenters. The van der Waals surface area contributed by atoms with Gasteiger partial charge in [0.1, 0.15) is 5.82 Å². The number of halogens is 2. The first-order valence-corrected chi connectivity index (χ1v) is 7.80. The van der Waals surface area contributed by atoms with Crippen molar-refractivity contribution in [1.82, 2.24) is 5.32 Å². The largest absolute Gasteiger partial charge is 0.310 e. The Morgan fingerprint density at radius 1 is 1.14 bits per heavy atom. The van der Waals surface area contributed by atoms with Gasteiger partial charge in [-0.1, -0.05) is 48.9 Å². The fraction of sp³-hybridized carbons (Fsp3) is 0.333. The minimum absolute atomic E-state index is 0.0772. The number of rotatable bonds is 7. The van der Waals surface area contributed by atoms with E-state index in [-0.39, 0.29) is 11.9 Å². The molecular formula is C18H21ClFN. The van der Waals surface area contributed by atoms with Crippen molar-refractivity contribution in [2.75, 3.05) is 6.54 Å². The highest BCUT2D eigenvalue weighted by Crippen LogP contribution is 2.27. The van der Waals surface area contributed by atoms with Gasteiger partial charge in [0.25, 0.3) is 0 Å². The van der Waals surface area contributed by atoms with Crippen LogP contribution in [0, 0.1) is 5.82 Å². The molecule has 0 bridgehead atoms. The summed E-state index contributed by atoms with van der Waals surface area (Å²) >= 11 is 6.24. The van der Waals surface area contributed by atoms with Crippen LogP contribution in [0.2, 0.25) is 5.02 Å². The van der Waals surface area contributed by atoms with Crippen molar-refractivity contribution in [3.63, 3.8) is 0 Å². The SMILES string of the molecule is CCCNC(CCc1ccccc1)c1cc(F)ccc1Cl. The molecule has 1 unspecified atom stereocenters. The van der Waals surface area contributed by atoms with Gasteiger partial charge >= 0.3 is 0 Å². The molecule has 0 fully saturated rings. The predicted octanol–water partition coefficient (Wildman–Crippen LogP) is 5.15. The molecule has 0 aliphatic rings. The van der Waals surface area contributed by atoms with Crippen LogP contribution >= 0.6 is 11.6 Å². The number of nitrogens with one attached hydrogen (secondary N) is 1. The summed E-state index contributed by atoms with van der Waals surface area (Å²) in [5.41, 5.74) is 2.13. The highest BCUT2D eigenvalue weighted by atomic mass is 35.5. The standard InChI is InChI=1S/C18H21ClFN/c1-2-12-21-18(11-8-14-6-4-3-5-7-14)16-13-15(20)9-10-17(16)19/h3-7,9-10,13,18,21H,2,8,11-12H2,1H3. The lowest BCUT2D eigenvalue weighted by Crippen LogP contribution is -2.23. The van der Waals surface area contributed by atoms with E-state index in [0.717, 1.165) is 31.4 Å². The van der Waals surface area contributed by atoms with Gasteiger partial charge < -0.3 is 5.32 Å². The monoisotopic (exact) mass is 305 g/mol. The number of hydrogen-bond acceptors (Lipinski definition) is 1. The van der Waals surface area contributed by atoms with Crippen LogP contribution in [0.15, 0.2) is 48.5 Å². The van der Waals surface area contributed by atoms with E-state index in [1.165, 1.54) is 11.6 Å². The molecular weight excluding hydrogens is 285 g/mol. The maximum absolute atomic E-state index is 13.5. The summed E-state index contributed by atoms with van der Waals surface area (Å²) in [4.78, 5) is 0. The fourth-order valence-corrected chi connectivity index (χ4v) is 2.67. The minimum Gasteiger partial charge on any atom is -0.310 e. The molecule has 2 aromatic carbocycles. The lowest BCUT2D eigenvalue weighted by molar-refractivity contribution is 0.496. The third-order valence-electron chi connectivity index (χ3n) is 3.54. The zero-order valence-corrected chi connectivity index (χ0v) is 13.0. The average molecular weight is 306 g/mol. The van der Waals surface area contributed by atoms with E-state index < -0.39 is 0 Å². The molecule has 3 heteroatoms. The topological polar surface area (TPSA) is 12.0 Å². The molecule has 0 aromatic heterocycles. The van der Waals surface area contributed by atoms with Crippen molar-refractivity contribution in [2.45, 2.75) is 32.2 Å². The van der Waals surface area contributed by atoms with Gasteiger partial charge in [0.15, 0.2) is 0 Å². The van der Waals surface area contributed by atoms with Crippen molar-refractivity contribution >= 4 is 11.6 Å². The van der Waals surface area contributed by atoms with Crippen LogP contribution in [0.5, 0.6) is 0 Å². The summed E-state index contributed by atoms with van der Waals surface area (Å²) in [7, 11) is 0. The molecule has 0 heterocycles. The molecule has 2 aromatic rings. The molecule has 112 valence electrons. The molecule has 1 N–H and O–H groups in total. The summed E-state index contributed by atoms with van der Waals surface area (Å²) in [6, 6.07) is 15.0. The van der Waals surface area contributed by atoms with Crippen LogP contribution in [0.4, 0.5) is 4.39 Å². The first kappa shape index (κ1) is 16.0. The smallest absolute Gasteiger partial charge is 0.123 e. The van der Waals surface area contributed by atoms with Gasteiger partial charge in [-0.2, -0.15) is 0 Å². The van der Waals surface area contributed by atoms with Crippen molar-refractivity contribution in [1.29, 1.82) is 0 Å². The second-order valence-electron chi connectivity index (χ2n) is 5.20. The van der Waals surface area contributed by atoms with Gasteiger partial charge in [-0.05, 0) is 55.1 Å². The van der Waals surface area contributed by atoms with Crippen molar-refractivity contribution < 1.29 is 4.39 Å². The molecule has 0 aliphatic heterocycles. The van der Waals surface area contributed by atoms with E-state index >= 15 is 0 Å². The second kappa shape index (κ2) is 8.16. The van der Waals surface area contributed by atoms with Crippen LogP contribution in [0.25, 0.3) is 0 Å². The molecule has 1 nitrogen and oxygen atoms in total. The van der Waals surface area contributed by atoms with E-state index in [0.29, 0.717) is 5.02 Å². The van der Waals surface area contributed by atoms with Crippen LogP contribution < -0.4 is 5.32 Å². The second-order valence-corrected chi connectivity index (χ2v) is 5.60. The van der Waals surface area contributed by atoms with Crippen LogP contribution in [-0.2, 0) is 6.42 Å². The maximum Gasteiger partial charge on any atom is 0.123 e. The Balaban J connectivity index is 2.12. The molecule has 0 saturated carbocycles. The Morgan fingerprint density at radius 2 is 1.90 bits per heavy atom. The first-order chi connectivity index (χ1) is 10.2. The predicted molar refractivity (Wildman–Crippen MR) is 87.2 cm³/mol. The Morgan fingerprint density at radius 3 is 2.62 bits per heavy atom. The van der Waals surface area contributed by atoms with Crippen LogP contribution in [0.1, 0.15) is 36.9 Å². The Hall–Kier alpha value is -1.38. The first-order valence-electron chi connectivity index (χ1n) is 7.43. The highest BCUT2D eigenvalue weighted by Gasteiger charge is 2.15. The Bertz CT molecular complexity index is 556. The van der Waals surface area contributed by atoms with Gasteiger partial charge in [-0.3, -0.25) is 0 Å². The van der Waals surface area contributed by atoms with Crippen molar-refractivity contribution in [3.8, 4) is 0 Å². The van der Waals surface area contributed by atoms with Gasteiger partial charge in [0, 0.05) is 11.1 Å². The lowest BCUT2D eigenvalue weighted by Gasteiger charge is -2.20. The van der Waals surface area contributed by atoms with E-state index in [9.17, 15) is 4.39 Å². The number of benzene rings is 2. The fourth-order valence-electron chi connectivity index (χ4n) is 2.42. The molecule has 21 heavy (non-hydrogen) atoms. The Kier molecular flexibility index (Phi) is 6.21. The number of aryl methyl sites for hydroxylation is 1. The average Bonchev–Trinajstić information content (AvgIpc) is 2.51. The van der Waals surface area contributed by atoms with E-state index in [2.05, 4.69) is 24.4 Å². The molecule has 0 saturated heterocycles. The summed E-state index contributed by atoms with van der Waals surface area (Å²) in [6.45, 7) is 3.01. The molecule has 0 amide bonds. The van der Waals surface area contributed by atoms with Gasteiger partial charge in [0.2, 0.25) is 0 Å². The molecule has 0 spiro atoms. The normalized spacial score (nSPS) is 12.3. The van der Waals surface area contributed by atoms with E-state index in [1.54, 1.807) is 12.1 Å². The van der Waals surface area contributed by atoms with Crippen LogP contribution in [0.3, 0.4) is 0 Å². The third-order valence-corrected chi connectivity index (χ3v) is 3.88. The maximum atomic E-state index is 13.5. The van der Waals surface area contributed by atoms with Crippen molar-refractivity contribution in [3.05, 3.63) is 70.5 Å². The summed E-state index contributed by atoms with van der Waals surface area (Å²) in [5, 5.41) is 4.10. The summed E-state index contributed by atoms with van der Waals surface area (Å²) in [6.07, 6.45) is 2.87. The third kappa shape index (κ3) is 4.83. The van der Waals surface area contributed by atoms with Gasteiger partial charge in [-0.15, -0.1) is 0 Å². The molecule has 0 radical (unpaired) electrons. The van der Waals surface area contributed by atoms with Gasteiger partial charge in [-0.25, -0.2) is 4.39 Å². The quantitative estimate of drug-likeness (QED) is 0.745. The molecule has 0 aliphatic carbocycles. The highest BCUT2D eigenvalue weighted by molar-refractivity contribution is 6.31.